The van der Waals surface area contributed by atoms with Crippen molar-refractivity contribution in [2.75, 3.05) is 0 Å². The van der Waals surface area contributed by atoms with Crippen molar-refractivity contribution in [1.29, 1.82) is 0 Å². The first-order chi connectivity index (χ1) is 11.1. The summed E-state index contributed by atoms with van der Waals surface area (Å²) in [6.45, 7) is 0. The lowest BCUT2D eigenvalue weighted by atomic mass is 10.2. The van der Waals surface area contributed by atoms with E-state index in [2.05, 4.69) is 4.98 Å². The van der Waals surface area contributed by atoms with Crippen LogP contribution >= 0.6 is 11.8 Å². The third kappa shape index (κ3) is 3.35. The van der Waals surface area contributed by atoms with E-state index >= 15 is 0 Å². The van der Waals surface area contributed by atoms with Gasteiger partial charge >= 0.3 is 12.4 Å². The summed E-state index contributed by atoms with van der Waals surface area (Å²) in [6, 6.07) is 6.07. The minimum atomic E-state index is -4.54. The van der Waals surface area contributed by atoms with Gasteiger partial charge in [-0.05, 0) is 36.4 Å². The van der Waals surface area contributed by atoms with Crippen molar-refractivity contribution in [1.82, 2.24) is 9.38 Å². The average molecular weight is 362 g/mol. The summed E-state index contributed by atoms with van der Waals surface area (Å²) in [5, 5.41) is 0.206. The molecule has 0 spiro atoms. The Hall–Kier alpha value is -2.16. The maximum Gasteiger partial charge on any atom is 0.416 e. The van der Waals surface area contributed by atoms with Crippen LogP contribution in [-0.2, 0) is 12.4 Å². The number of hydrogen-bond acceptors (Lipinski definition) is 2. The first-order valence-electron chi connectivity index (χ1n) is 6.54. The second kappa shape index (κ2) is 5.73. The van der Waals surface area contributed by atoms with E-state index in [0.29, 0.717) is 4.90 Å². The van der Waals surface area contributed by atoms with Crippen LogP contribution in [0.15, 0.2) is 58.7 Å². The molecule has 0 bridgehead atoms. The van der Waals surface area contributed by atoms with E-state index in [9.17, 15) is 26.3 Å². The fraction of sp³-hybridized carbons (Fsp3) is 0.133. The number of halogens is 6. The molecular formula is C15H8F6N2S. The Morgan fingerprint density at radius 1 is 0.833 bits per heavy atom. The normalized spacial score (nSPS) is 12.8. The molecule has 9 heteroatoms. The van der Waals surface area contributed by atoms with E-state index in [0.717, 1.165) is 36.0 Å². The predicted molar refractivity (Wildman–Crippen MR) is 75.8 cm³/mol. The summed E-state index contributed by atoms with van der Waals surface area (Å²) in [4.78, 5) is 4.23. The van der Waals surface area contributed by atoms with Gasteiger partial charge in [-0.15, -0.1) is 0 Å². The molecule has 0 aliphatic rings. The number of nitrogens with zero attached hydrogens (tertiary/aromatic N) is 2. The van der Waals surface area contributed by atoms with E-state index in [1.807, 2.05) is 0 Å². The first-order valence-corrected chi connectivity index (χ1v) is 7.36. The van der Waals surface area contributed by atoms with Gasteiger partial charge in [0, 0.05) is 17.3 Å². The molecule has 0 aliphatic heterocycles. The molecule has 3 aromatic rings. The molecule has 1 aromatic carbocycles. The SMILES string of the molecule is FC(F)(F)c1ccc(Sc2cc(C(F)(F)F)cc3nccn23)cc1. The van der Waals surface area contributed by atoms with Gasteiger partial charge in [-0.25, -0.2) is 4.98 Å². The molecule has 0 unspecified atom stereocenters. The standard InChI is InChI=1S/C15H8F6N2S/c16-14(17,18)9-1-3-11(4-2-9)24-13-8-10(15(19,20)21)7-12-22-5-6-23(12)13/h1-8H. The van der Waals surface area contributed by atoms with Gasteiger partial charge in [0.1, 0.15) is 5.65 Å². The number of aromatic nitrogens is 2. The minimum absolute atomic E-state index is 0.110. The van der Waals surface area contributed by atoms with Crippen LogP contribution in [0.25, 0.3) is 5.65 Å². The van der Waals surface area contributed by atoms with E-state index in [1.165, 1.54) is 28.9 Å². The van der Waals surface area contributed by atoms with E-state index < -0.39 is 23.5 Å². The Bertz CT molecular complexity index is 864. The van der Waals surface area contributed by atoms with Crippen LogP contribution in [-0.4, -0.2) is 9.38 Å². The second-order valence-corrected chi connectivity index (χ2v) is 5.95. The summed E-state index contributed by atoms with van der Waals surface area (Å²) in [5.41, 5.74) is -1.57. The van der Waals surface area contributed by atoms with E-state index in [4.69, 9.17) is 0 Å². The van der Waals surface area contributed by atoms with Crippen LogP contribution < -0.4 is 0 Å². The molecule has 2 aromatic heterocycles. The topological polar surface area (TPSA) is 17.3 Å². The monoisotopic (exact) mass is 362 g/mol. The zero-order valence-corrected chi connectivity index (χ0v) is 12.5. The molecule has 2 nitrogen and oxygen atoms in total. The molecule has 0 radical (unpaired) electrons. The molecule has 0 saturated heterocycles. The maximum atomic E-state index is 13.0. The van der Waals surface area contributed by atoms with Crippen molar-refractivity contribution >= 4 is 17.4 Å². The van der Waals surface area contributed by atoms with Crippen molar-refractivity contribution < 1.29 is 26.3 Å². The van der Waals surface area contributed by atoms with Crippen molar-refractivity contribution in [2.24, 2.45) is 0 Å². The van der Waals surface area contributed by atoms with Crippen LogP contribution in [0.1, 0.15) is 11.1 Å². The highest BCUT2D eigenvalue weighted by atomic mass is 32.2. The van der Waals surface area contributed by atoms with Gasteiger partial charge in [-0.1, -0.05) is 11.8 Å². The lowest BCUT2D eigenvalue weighted by molar-refractivity contribution is -0.138. The van der Waals surface area contributed by atoms with E-state index in [1.54, 1.807) is 0 Å². The third-order valence-electron chi connectivity index (χ3n) is 3.20. The fourth-order valence-electron chi connectivity index (χ4n) is 2.07. The molecule has 0 amide bonds. The largest absolute Gasteiger partial charge is 0.416 e. The van der Waals surface area contributed by atoms with Crippen LogP contribution in [0.4, 0.5) is 26.3 Å². The maximum absolute atomic E-state index is 13.0. The van der Waals surface area contributed by atoms with Gasteiger partial charge in [0.15, 0.2) is 0 Å². The van der Waals surface area contributed by atoms with Gasteiger partial charge in [0.25, 0.3) is 0 Å². The molecule has 0 atom stereocenters. The molecular weight excluding hydrogens is 354 g/mol. The number of imidazole rings is 1. The highest BCUT2D eigenvalue weighted by molar-refractivity contribution is 7.99. The van der Waals surface area contributed by atoms with Gasteiger partial charge in [-0.3, -0.25) is 4.40 Å². The molecule has 0 saturated carbocycles. The Kier molecular flexibility index (Phi) is 3.98. The summed E-state index contributed by atoms with van der Waals surface area (Å²) in [5.74, 6) is 0. The molecule has 126 valence electrons. The average Bonchev–Trinajstić information content (AvgIpc) is 2.94. The fourth-order valence-corrected chi connectivity index (χ4v) is 3.02. The van der Waals surface area contributed by atoms with Gasteiger partial charge < -0.3 is 0 Å². The number of rotatable bonds is 2. The Morgan fingerprint density at radius 3 is 2.04 bits per heavy atom. The van der Waals surface area contributed by atoms with Crippen molar-refractivity contribution in [2.45, 2.75) is 22.3 Å². The number of pyridine rings is 1. The quantitative estimate of drug-likeness (QED) is 0.558. The lowest BCUT2D eigenvalue weighted by Crippen LogP contribution is -2.06. The van der Waals surface area contributed by atoms with Crippen LogP contribution in [0.2, 0.25) is 0 Å². The highest BCUT2D eigenvalue weighted by Crippen LogP contribution is 2.36. The van der Waals surface area contributed by atoms with Crippen LogP contribution in [0, 0.1) is 0 Å². The summed E-state index contributed by atoms with van der Waals surface area (Å²) >= 11 is 0.927. The zero-order chi connectivity index (χ0) is 17.5. The van der Waals surface area contributed by atoms with Crippen LogP contribution in [0.3, 0.4) is 0 Å². The van der Waals surface area contributed by atoms with Crippen molar-refractivity contribution in [3.63, 3.8) is 0 Å². The predicted octanol–water partition coefficient (Wildman–Crippen LogP) is 5.52. The number of fused-ring (bicyclic) bond motifs is 1. The Morgan fingerprint density at radius 2 is 1.46 bits per heavy atom. The van der Waals surface area contributed by atoms with Gasteiger partial charge in [0.05, 0.1) is 16.2 Å². The summed E-state index contributed by atoms with van der Waals surface area (Å²) in [7, 11) is 0. The smallest absolute Gasteiger partial charge is 0.294 e. The molecule has 0 N–H and O–H groups in total. The summed E-state index contributed by atoms with van der Waals surface area (Å²) < 4.78 is 78.0. The Labute approximate surface area is 136 Å². The molecule has 0 fully saturated rings. The highest BCUT2D eigenvalue weighted by Gasteiger charge is 2.32. The van der Waals surface area contributed by atoms with Crippen molar-refractivity contribution in [3.8, 4) is 0 Å². The lowest BCUT2D eigenvalue weighted by Gasteiger charge is -2.12. The minimum Gasteiger partial charge on any atom is -0.294 e. The third-order valence-corrected chi connectivity index (χ3v) is 4.23. The zero-order valence-electron chi connectivity index (χ0n) is 11.7. The molecule has 0 aliphatic carbocycles. The first kappa shape index (κ1) is 16.7. The molecule has 2 heterocycles. The van der Waals surface area contributed by atoms with Crippen molar-refractivity contribution in [3.05, 3.63) is 59.9 Å². The van der Waals surface area contributed by atoms with Crippen LogP contribution in [0.5, 0.6) is 0 Å². The molecule has 3 rings (SSSR count). The summed E-state index contributed by atoms with van der Waals surface area (Å²) in [6.07, 6.45) is -6.16. The van der Waals surface area contributed by atoms with Gasteiger partial charge in [-0.2, -0.15) is 26.3 Å². The second-order valence-electron chi connectivity index (χ2n) is 4.86. The number of alkyl halides is 6. The number of benzene rings is 1. The molecule has 24 heavy (non-hydrogen) atoms. The van der Waals surface area contributed by atoms with Gasteiger partial charge in [0.2, 0.25) is 0 Å². The Balaban J connectivity index is 1.99. The van der Waals surface area contributed by atoms with E-state index in [-0.39, 0.29) is 10.7 Å². The number of hydrogen-bond donors (Lipinski definition) is 0.